The molecule has 1 atom stereocenters. The molecule has 0 unspecified atom stereocenters. The minimum absolute atomic E-state index is 0.115. The fraction of sp³-hybridized carbons (Fsp3) is 0.400. The van der Waals surface area contributed by atoms with Crippen molar-refractivity contribution in [2.24, 2.45) is 7.05 Å². The Morgan fingerprint density at radius 2 is 2.17 bits per heavy atom. The molecule has 29 heavy (non-hydrogen) atoms. The smallest absolute Gasteiger partial charge is 0.338 e. The van der Waals surface area contributed by atoms with Crippen LogP contribution < -0.4 is 10.4 Å². The van der Waals surface area contributed by atoms with Crippen molar-refractivity contribution in [2.75, 3.05) is 20.2 Å². The summed E-state index contributed by atoms with van der Waals surface area (Å²) in [6, 6.07) is 7.43. The van der Waals surface area contributed by atoms with Gasteiger partial charge in [-0.2, -0.15) is 0 Å². The van der Waals surface area contributed by atoms with Crippen LogP contribution in [0.25, 0.3) is 11.2 Å². The largest absolute Gasteiger partial charge is 0.489 e. The number of rotatable bonds is 4. The summed E-state index contributed by atoms with van der Waals surface area (Å²) in [7, 11) is 3.13. The highest BCUT2D eigenvalue weighted by Gasteiger charge is 2.31. The summed E-state index contributed by atoms with van der Waals surface area (Å²) in [5, 5.41) is 0. The van der Waals surface area contributed by atoms with Gasteiger partial charge in [-0.3, -0.25) is 4.57 Å². The number of amides is 1. The lowest BCUT2D eigenvalue weighted by Crippen LogP contribution is -2.39. The van der Waals surface area contributed by atoms with Crippen LogP contribution in [0.1, 0.15) is 17.8 Å². The maximum Gasteiger partial charge on any atom is 0.338 e. The Bertz CT molecular complexity index is 1120. The van der Waals surface area contributed by atoms with Gasteiger partial charge in [0.2, 0.25) is 0 Å². The second-order valence-electron chi connectivity index (χ2n) is 7.18. The average molecular weight is 397 g/mol. The lowest BCUT2D eigenvalue weighted by atomic mass is 10.2. The predicted octanol–water partition coefficient (Wildman–Crippen LogP) is 1.71. The van der Waals surface area contributed by atoms with Crippen molar-refractivity contribution in [1.29, 1.82) is 0 Å². The number of carbonyl (C=O) groups excluding carboxylic acids is 1. The van der Waals surface area contributed by atoms with E-state index >= 15 is 0 Å². The molecule has 0 N–H and O–H groups in total. The second-order valence-corrected chi connectivity index (χ2v) is 7.18. The number of hydrogen-bond donors (Lipinski definition) is 0. The molecule has 1 aromatic carbocycles. The highest BCUT2D eigenvalue weighted by molar-refractivity contribution is 5.87. The van der Waals surface area contributed by atoms with Gasteiger partial charge in [0.1, 0.15) is 24.0 Å². The number of imidazole rings is 1. The molecule has 0 bridgehead atoms. The molecule has 3 aromatic rings. The molecule has 2 aromatic heterocycles. The average Bonchev–Trinajstić information content (AvgIpc) is 3.25. The lowest BCUT2D eigenvalue weighted by molar-refractivity contribution is 0.178. The quantitative estimate of drug-likeness (QED) is 0.666. The minimum atomic E-state index is -0.447. The van der Waals surface area contributed by atoms with Crippen LogP contribution in [0.3, 0.4) is 0 Å². The van der Waals surface area contributed by atoms with Crippen LogP contribution in [0.2, 0.25) is 0 Å². The molecule has 152 valence electrons. The van der Waals surface area contributed by atoms with Crippen LogP contribution in [0.4, 0.5) is 4.79 Å². The number of likely N-dealkylation sites (tertiary alicyclic amines) is 1. The SMILES string of the molecule is COCc1ncc2c(n1)n(C)c(=O)n2C(=O)N1CC[C@H](Oc2cccc(C)c2)C1. The first-order chi connectivity index (χ1) is 14.0. The van der Waals surface area contributed by atoms with Gasteiger partial charge in [-0.05, 0) is 24.6 Å². The van der Waals surface area contributed by atoms with Crippen LogP contribution in [0.15, 0.2) is 35.3 Å². The van der Waals surface area contributed by atoms with Gasteiger partial charge >= 0.3 is 11.7 Å². The number of carbonyl (C=O) groups is 1. The normalized spacial score (nSPS) is 16.5. The molecule has 0 saturated carbocycles. The summed E-state index contributed by atoms with van der Waals surface area (Å²) in [5.41, 5.74) is 1.45. The van der Waals surface area contributed by atoms with Gasteiger partial charge in [0.05, 0.1) is 12.7 Å². The monoisotopic (exact) mass is 397 g/mol. The second kappa shape index (κ2) is 7.67. The Balaban J connectivity index is 1.56. The first-order valence-corrected chi connectivity index (χ1v) is 9.43. The first-order valence-electron chi connectivity index (χ1n) is 9.43. The summed E-state index contributed by atoms with van der Waals surface area (Å²) in [6.45, 7) is 3.16. The van der Waals surface area contributed by atoms with E-state index in [1.165, 1.54) is 10.8 Å². The third kappa shape index (κ3) is 3.61. The van der Waals surface area contributed by atoms with Gasteiger partial charge in [0.25, 0.3) is 0 Å². The molecule has 0 spiro atoms. The first kappa shape index (κ1) is 19.1. The topological polar surface area (TPSA) is 91.5 Å². The Hall–Kier alpha value is -3.20. The molecular formula is C20H23N5O4. The van der Waals surface area contributed by atoms with Crippen molar-refractivity contribution in [2.45, 2.75) is 26.1 Å². The number of aryl methyl sites for hydroxylation is 2. The summed E-state index contributed by atoms with van der Waals surface area (Å²) in [6.07, 6.45) is 2.08. The molecule has 1 fully saturated rings. The highest BCUT2D eigenvalue weighted by Crippen LogP contribution is 2.20. The van der Waals surface area contributed by atoms with Crippen LogP contribution >= 0.6 is 0 Å². The molecule has 3 heterocycles. The standard InChI is InChI=1S/C20H23N5O4/c1-13-5-4-6-14(9-13)29-15-7-8-24(11-15)20(27)25-16-10-21-17(12-28-3)22-18(16)23(2)19(25)26/h4-6,9-10,15H,7-8,11-12H2,1-3H3/t15-/m0/s1. The fourth-order valence-electron chi connectivity index (χ4n) is 3.55. The van der Waals surface area contributed by atoms with Gasteiger partial charge in [-0.25, -0.2) is 24.1 Å². The van der Waals surface area contributed by atoms with Crippen molar-refractivity contribution < 1.29 is 14.3 Å². The van der Waals surface area contributed by atoms with E-state index in [1.54, 1.807) is 19.1 Å². The van der Waals surface area contributed by atoms with E-state index in [0.29, 0.717) is 36.5 Å². The van der Waals surface area contributed by atoms with E-state index in [-0.39, 0.29) is 18.7 Å². The Morgan fingerprint density at radius 3 is 2.93 bits per heavy atom. The number of benzene rings is 1. The fourth-order valence-corrected chi connectivity index (χ4v) is 3.55. The number of hydrogen-bond acceptors (Lipinski definition) is 6. The van der Waals surface area contributed by atoms with E-state index in [2.05, 4.69) is 9.97 Å². The van der Waals surface area contributed by atoms with Gasteiger partial charge in [0.15, 0.2) is 11.5 Å². The number of fused-ring (bicyclic) bond motifs is 1. The third-order valence-corrected chi connectivity index (χ3v) is 5.01. The number of aromatic nitrogens is 4. The van der Waals surface area contributed by atoms with Gasteiger partial charge < -0.3 is 14.4 Å². The molecule has 1 amide bonds. The summed E-state index contributed by atoms with van der Waals surface area (Å²) >= 11 is 0. The summed E-state index contributed by atoms with van der Waals surface area (Å²) in [5.74, 6) is 1.23. The Morgan fingerprint density at radius 1 is 1.34 bits per heavy atom. The van der Waals surface area contributed by atoms with E-state index in [4.69, 9.17) is 9.47 Å². The zero-order chi connectivity index (χ0) is 20.5. The van der Waals surface area contributed by atoms with E-state index in [1.807, 2.05) is 31.2 Å². The molecule has 1 aliphatic heterocycles. The summed E-state index contributed by atoms with van der Waals surface area (Å²) < 4.78 is 13.5. The lowest BCUT2D eigenvalue weighted by Gasteiger charge is -2.17. The Kier molecular flexibility index (Phi) is 5.06. The zero-order valence-corrected chi connectivity index (χ0v) is 16.7. The van der Waals surface area contributed by atoms with Gasteiger partial charge in [-0.15, -0.1) is 0 Å². The van der Waals surface area contributed by atoms with Crippen molar-refractivity contribution in [3.63, 3.8) is 0 Å². The molecule has 1 saturated heterocycles. The van der Waals surface area contributed by atoms with E-state index < -0.39 is 5.69 Å². The molecular weight excluding hydrogens is 374 g/mol. The highest BCUT2D eigenvalue weighted by atomic mass is 16.5. The van der Waals surface area contributed by atoms with Crippen LogP contribution in [-0.4, -0.2) is 56.3 Å². The van der Waals surface area contributed by atoms with Crippen LogP contribution in [0.5, 0.6) is 5.75 Å². The van der Waals surface area contributed by atoms with Crippen molar-refractivity contribution in [3.05, 3.63) is 52.3 Å². The Labute approximate surface area is 167 Å². The maximum absolute atomic E-state index is 13.1. The third-order valence-electron chi connectivity index (χ3n) is 5.01. The predicted molar refractivity (Wildman–Crippen MR) is 106 cm³/mol. The number of nitrogens with zero attached hydrogens (tertiary/aromatic N) is 5. The number of ether oxygens (including phenoxy) is 2. The van der Waals surface area contributed by atoms with Gasteiger partial charge in [0, 0.05) is 27.1 Å². The van der Waals surface area contributed by atoms with E-state index in [0.717, 1.165) is 15.9 Å². The van der Waals surface area contributed by atoms with Crippen molar-refractivity contribution >= 4 is 17.2 Å². The van der Waals surface area contributed by atoms with Crippen molar-refractivity contribution in [1.82, 2.24) is 24.0 Å². The van der Waals surface area contributed by atoms with Crippen molar-refractivity contribution in [3.8, 4) is 5.75 Å². The molecule has 4 rings (SSSR count). The minimum Gasteiger partial charge on any atom is -0.489 e. The van der Waals surface area contributed by atoms with E-state index in [9.17, 15) is 9.59 Å². The molecule has 0 radical (unpaired) electrons. The maximum atomic E-state index is 13.1. The summed E-state index contributed by atoms with van der Waals surface area (Å²) in [4.78, 5) is 36.0. The molecule has 1 aliphatic rings. The molecule has 0 aliphatic carbocycles. The zero-order valence-electron chi connectivity index (χ0n) is 16.7. The van der Waals surface area contributed by atoms with Crippen LogP contribution in [-0.2, 0) is 18.4 Å². The van der Waals surface area contributed by atoms with Crippen LogP contribution in [0, 0.1) is 6.92 Å². The van der Waals surface area contributed by atoms with Gasteiger partial charge in [-0.1, -0.05) is 12.1 Å². The molecule has 9 heteroatoms. The molecule has 9 nitrogen and oxygen atoms in total. The number of methoxy groups -OCH3 is 1.